The van der Waals surface area contributed by atoms with Gasteiger partial charge in [0.05, 0.1) is 24.2 Å². The molecule has 0 spiro atoms. The van der Waals surface area contributed by atoms with Crippen molar-refractivity contribution in [2.45, 2.75) is 12.2 Å². The molecule has 0 bridgehead atoms. The fraction of sp³-hybridized carbons (Fsp3) is 1.00. The van der Waals surface area contributed by atoms with E-state index in [1.807, 2.05) is 0 Å². The molecule has 0 aromatic carbocycles. The largest absolute Gasteiger partial charge is 0.379 e. The van der Waals surface area contributed by atoms with E-state index in [4.69, 9.17) is 10.5 Å². The Morgan fingerprint density at radius 1 is 1.40 bits per heavy atom. The fourth-order valence-electron chi connectivity index (χ4n) is 1.43. The van der Waals surface area contributed by atoms with Crippen LogP contribution in [0.25, 0.3) is 0 Å². The molecule has 1 aliphatic heterocycles. The van der Waals surface area contributed by atoms with Gasteiger partial charge >= 0.3 is 0 Å². The topological polar surface area (TPSA) is 72.6 Å². The van der Waals surface area contributed by atoms with Crippen molar-refractivity contribution in [1.82, 2.24) is 4.90 Å². The fourth-order valence-corrected chi connectivity index (χ4v) is 2.64. The molecule has 1 heterocycles. The smallest absolute Gasteiger partial charge is 0.155 e. The highest BCUT2D eigenvalue weighted by Crippen LogP contribution is 2.03. The Morgan fingerprint density at radius 2 is 2.00 bits per heavy atom. The molecule has 0 radical (unpaired) electrons. The Labute approximate surface area is 91.5 Å². The Kier molecular flexibility index (Phi) is 4.98. The van der Waals surface area contributed by atoms with E-state index in [2.05, 4.69) is 4.90 Å². The van der Waals surface area contributed by atoms with E-state index in [0.29, 0.717) is 19.8 Å². The summed E-state index contributed by atoms with van der Waals surface area (Å²) in [4.78, 5) is 2.12. The van der Waals surface area contributed by atoms with Crippen molar-refractivity contribution in [3.8, 4) is 0 Å². The second-order valence-corrected chi connectivity index (χ2v) is 6.41. The number of nitrogens with two attached hydrogens (primary N) is 1. The second kappa shape index (κ2) is 5.79. The molecule has 1 fully saturated rings. The van der Waals surface area contributed by atoms with E-state index in [0.717, 1.165) is 13.1 Å². The van der Waals surface area contributed by atoms with Gasteiger partial charge in [-0.2, -0.15) is 0 Å². The van der Waals surface area contributed by atoms with E-state index in [-0.39, 0.29) is 12.3 Å². The summed E-state index contributed by atoms with van der Waals surface area (Å²) in [7, 11) is -3.02. The molecule has 0 saturated carbocycles. The van der Waals surface area contributed by atoms with Crippen LogP contribution in [0.15, 0.2) is 0 Å². The summed E-state index contributed by atoms with van der Waals surface area (Å²) in [5.41, 5.74) is 5.35. The van der Waals surface area contributed by atoms with Gasteiger partial charge in [-0.25, -0.2) is 8.42 Å². The summed E-state index contributed by atoms with van der Waals surface area (Å²) in [6.07, 6.45) is 0. The lowest BCUT2D eigenvalue weighted by atomic mass is 10.4. The van der Waals surface area contributed by atoms with Gasteiger partial charge in [-0.3, -0.25) is 4.90 Å². The molecule has 6 heteroatoms. The lowest BCUT2D eigenvalue weighted by Crippen LogP contribution is -2.40. The molecule has 1 rings (SSSR count). The number of ether oxygens (including phenoxy) is 1. The minimum absolute atomic E-state index is 0.200. The number of nitrogens with zero attached hydrogens (tertiary/aromatic N) is 1. The number of rotatable bonds is 5. The standard InChI is InChI=1S/C9H20N2O3S/c1-9(8-10)15(12,13)7-4-11-2-5-14-6-3-11/h9H,2-8,10H2,1H3. The zero-order valence-corrected chi connectivity index (χ0v) is 10.0. The quantitative estimate of drug-likeness (QED) is 0.668. The molecule has 0 aromatic rings. The number of morpholine rings is 1. The predicted molar refractivity (Wildman–Crippen MR) is 59.6 cm³/mol. The van der Waals surface area contributed by atoms with Crippen molar-refractivity contribution in [2.24, 2.45) is 5.73 Å². The zero-order chi connectivity index (χ0) is 11.3. The van der Waals surface area contributed by atoms with Crippen molar-refractivity contribution in [2.75, 3.05) is 45.1 Å². The Morgan fingerprint density at radius 3 is 2.53 bits per heavy atom. The van der Waals surface area contributed by atoms with Gasteiger partial charge in [0.15, 0.2) is 9.84 Å². The van der Waals surface area contributed by atoms with Gasteiger partial charge in [0, 0.05) is 26.2 Å². The van der Waals surface area contributed by atoms with Crippen LogP contribution in [0, 0.1) is 0 Å². The third-order valence-corrected chi connectivity index (χ3v) is 4.91. The van der Waals surface area contributed by atoms with Crippen LogP contribution in [0.1, 0.15) is 6.92 Å². The summed E-state index contributed by atoms with van der Waals surface area (Å²) in [6, 6.07) is 0. The monoisotopic (exact) mass is 236 g/mol. The average molecular weight is 236 g/mol. The van der Waals surface area contributed by atoms with E-state index in [1.54, 1.807) is 6.92 Å². The molecule has 1 aliphatic rings. The van der Waals surface area contributed by atoms with Crippen LogP contribution in [-0.4, -0.2) is 63.7 Å². The first kappa shape index (κ1) is 12.9. The molecular formula is C9H20N2O3S. The molecule has 15 heavy (non-hydrogen) atoms. The lowest BCUT2D eigenvalue weighted by molar-refractivity contribution is 0.0408. The lowest BCUT2D eigenvalue weighted by Gasteiger charge is -2.26. The first-order chi connectivity index (χ1) is 7.06. The van der Waals surface area contributed by atoms with Gasteiger partial charge in [0.2, 0.25) is 0 Å². The number of hydrogen-bond donors (Lipinski definition) is 1. The van der Waals surface area contributed by atoms with Gasteiger partial charge in [-0.15, -0.1) is 0 Å². The Balaban J connectivity index is 2.35. The zero-order valence-electron chi connectivity index (χ0n) is 9.18. The predicted octanol–water partition coefficient (Wildman–Crippen LogP) is -0.919. The third-order valence-electron chi connectivity index (χ3n) is 2.74. The molecule has 90 valence electrons. The maximum absolute atomic E-state index is 11.7. The van der Waals surface area contributed by atoms with Crippen molar-refractivity contribution in [3.63, 3.8) is 0 Å². The molecule has 5 nitrogen and oxygen atoms in total. The molecule has 0 aliphatic carbocycles. The minimum atomic E-state index is -3.02. The molecule has 1 atom stereocenters. The van der Waals surface area contributed by atoms with Crippen LogP contribution in [0.4, 0.5) is 0 Å². The highest BCUT2D eigenvalue weighted by molar-refractivity contribution is 7.92. The number of sulfone groups is 1. The van der Waals surface area contributed by atoms with E-state index in [1.165, 1.54) is 0 Å². The minimum Gasteiger partial charge on any atom is -0.379 e. The number of hydrogen-bond acceptors (Lipinski definition) is 5. The average Bonchev–Trinajstić information content (AvgIpc) is 2.27. The molecule has 0 aromatic heterocycles. The van der Waals surface area contributed by atoms with E-state index < -0.39 is 15.1 Å². The summed E-state index contributed by atoms with van der Waals surface area (Å²) in [5.74, 6) is 0.200. The second-order valence-electron chi connectivity index (χ2n) is 3.87. The van der Waals surface area contributed by atoms with Crippen LogP contribution in [0.2, 0.25) is 0 Å². The van der Waals surface area contributed by atoms with Crippen molar-refractivity contribution < 1.29 is 13.2 Å². The first-order valence-electron chi connectivity index (χ1n) is 5.28. The summed E-state index contributed by atoms with van der Waals surface area (Å²) < 4.78 is 28.5. The maximum Gasteiger partial charge on any atom is 0.155 e. The van der Waals surface area contributed by atoms with Crippen molar-refractivity contribution in [3.05, 3.63) is 0 Å². The van der Waals surface area contributed by atoms with Crippen LogP contribution >= 0.6 is 0 Å². The molecule has 1 unspecified atom stereocenters. The highest BCUT2D eigenvalue weighted by atomic mass is 32.2. The van der Waals surface area contributed by atoms with Gasteiger partial charge in [-0.05, 0) is 6.92 Å². The van der Waals surface area contributed by atoms with Crippen molar-refractivity contribution >= 4 is 9.84 Å². The van der Waals surface area contributed by atoms with Crippen LogP contribution in [-0.2, 0) is 14.6 Å². The summed E-state index contributed by atoms with van der Waals surface area (Å²) in [5, 5.41) is -0.432. The van der Waals surface area contributed by atoms with Crippen LogP contribution < -0.4 is 5.73 Å². The molecule has 2 N–H and O–H groups in total. The molecule has 0 amide bonds. The highest BCUT2D eigenvalue weighted by Gasteiger charge is 2.21. The van der Waals surface area contributed by atoms with Gasteiger partial charge in [-0.1, -0.05) is 0 Å². The first-order valence-corrected chi connectivity index (χ1v) is 6.99. The Hall–Kier alpha value is -0.170. The van der Waals surface area contributed by atoms with E-state index >= 15 is 0 Å². The SMILES string of the molecule is CC(CN)S(=O)(=O)CCN1CCOCC1. The summed E-state index contributed by atoms with van der Waals surface area (Å²) >= 11 is 0. The van der Waals surface area contributed by atoms with Gasteiger partial charge in [0.25, 0.3) is 0 Å². The van der Waals surface area contributed by atoms with E-state index in [9.17, 15) is 8.42 Å². The molecule has 1 saturated heterocycles. The molecular weight excluding hydrogens is 216 g/mol. The van der Waals surface area contributed by atoms with Gasteiger partial charge < -0.3 is 10.5 Å². The summed E-state index contributed by atoms with van der Waals surface area (Å²) in [6.45, 7) is 5.51. The van der Waals surface area contributed by atoms with Crippen LogP contribution in [0.3, 0.4) is 0 Å². The third kappa shape index (κ3) is 4.06. The Bertz CT molecular complexity index is 273. The normalized spacial score (nSPS) is 21.5. The van der Waals surface area contributed by atoms with Crippen molar-refractivity contribution in [1.29, 1.82) is 0 Å². The maximum atomic E-state index is 11.7. The van der Waals surface area contributed by atoms with Gasteiger partial charge in [0.1, 0.15) is 0 Å². The van der Waals surface area contributed by atoms with Crippen LogP contribution in [0.5, 0.6) is 0 Å².